The summed E-state index contributed by atoms with van der Waals surface area (Å²) in [5.41, 5.74) is 7.66. The highest BCUT2D eigenvalue weighted by molar-refractivity contribution is 5.85. The number of hydrogen-bond donors (Lipinski definition) is 1. The van der Waals surface area contributed by atoms with E-state index in [2.05, 4.69) is 15.5 Å². The van der Waals surface area contributed by atoms with E-state index in [-0.39, 0.29) is 12.4 Å². The van der Waals surface area contributed by atoms with Crippen LogP contribution in [0.25, 0.3) is 11.4 Å². The molecule has 0 unspecified atom stereocenters. The van der Waals surface area contributed by atoms with E-state index in [4.69, 9.17) is 5.73 Å². The Morgan fingerprint density at radius 3 is 2.67 bits per heavy atom. The molecular weight excluding hydrogens is 214 g/mol. The summed E-state index contributed by atoms with van der Waals surface area (Å²) in [6.07, 6.45) is 0. The predicted octanol–water partition coefficient (Wildman–Crippen LogP) is 0.758. The van der Waals surface area contributed by atoms with E-state index in [9.17, 15) is 0 Å². The van der Waals surface area contributed by atoms with E-state index in [1.54, 1.807) is 4.68 Å². The summed E-state index contributed by atoms with van der Waals surface area (Å²) in [7, 11) is 1.81. The van der Waals surface area contributed by atoms with Gasteiger partial charge in [0.25, 0.3) is 0 Å². The smallest absolute Gasteiger partial charge is 0.182 e. The van der Waals surface area contributed by atoms with Crippen LogP contribution in [-0.4, -0.2) is 20.2 Å². The van der Waals surface area contributed by atoms with Crippen molar-refractivity contribution in [2.24, 2.45) is 12.8 Å². The minimum absolute atomic E-state index is 0. The Morgan fingerprint density at radius 1 is 1.33 bits per heavy atom. The zero-order valence-electron chi connectivity index (χ0n) is 8.29. The molecule has 1 aromatic heterocycles. The van der Waals surface area contributed by atoms with Crippen LogP contribution >= 0.6 is 12.4 Å². The maximum atomic E-state index is 5.63. The Hall–Kier alpha value is -1.46. The van der Waals surface area contributed by atoms with Crippen molar-refractivity contribution in [2.75, 3.05) is 0 Å². The van der Waals surface area contributed by atoms with Gasteiger partial charge in [-0.15, -0.1) is 17.5 Å². The fraction of sp³-hybridized carbons (Fsp3) is 0.222. The van der Waals surface area contributed by atoms with Crippen molar-refractivity contribution < 1.29 is 0 Å². The van der Waals surface area contributed by atoms with E-state index in [0.717, 1.165) is 17.0 Å². The van der Waals surface area contributed by atoms with E-state index in [0.29, 0.717) is 6.54 Å². The first-order chi connectivity index (χ1) is 6.83. The fourth-order valence-electron chi connectivity index (χ4n) is 1.37. The molecule has 80 valence electrons. The van der Waals surface area contributed by atoms with Gasteiger partial charge in [0.1, 0.15) is 0 Å². The zero-order valence-corrected chi connectivity index (χ0v) is 9.11. The predicted molar refractivity (Wildman–Crippen MR) is 59.4 cm³/mol. The van der Waals surface area contributed by atoms with Crippen LogP contribution in [0.3, 0.4) is 0 Å². The van der Waals surface area contributed by atoms with Crippen LogP contribution in [-0.2, 0) is 13.6 Å². The van der Waals surface area contributed by atoms with Gasteiger partial charge in [-0.2, -0.15) is 0 Å². The molecule has 0 aliphatic heterocycles. The second kappa shape index (κ2) is 4.86. The Labute approximate surface area is 93.7 Å². The maximum Gasteiger partial charge on any atom is 0.182 e. The lowest BCUT2D eigenvalue weighted by Crippen LogP contribution is -2.02. The number of halogens is 1. The van der Waals surface area contributed by atoms with Crippen LogP contribution in [0.15, 0.2) is 24.3 Å². The highest BCUT2D eigenvalue weighted by Gasteiger charge is 2.08. The number of tetrazole rings is 1. The molecule has 2 aromatic rings. The molecule has 0 saturated heterocycles. The lowest BCUT2D eigenvalue weighted by atomic mass is 10.1. The van der Waals surface area contributed by atoms with Crippen LogP contribution in [0.2, 0.25) is 0 Å². The third-order valence-corrected chi connectivity index (χ3v) is 2.10. The average molecular weight is 226 g/mol. The van der Waals surface area contributed by atoms with E-state index >= 15 is 0 Å². The second-order valence-corrected chi connectivity index (χ2v) is 2.99. The topological polar surface area (TPSA) is 69.6 Å². The molecule has 0 atom stereocenters. The zero-order chi connectivity index (χ0) is 9.97. The first-order valence-corrected chi connectivity index (χ1v) is 4.33. The van der Waals surface area contributed by atoms with Gasteiger partial charge in [-0.25, -0.2) is 4.68 Å². The molecular formula is C9H12ClN5. The Balaban J connectivity index is 0.00000112. The monoisotopic (exact) mass is 225 g/mol. The van der Waals surface area contributed by atoms with Crippen molar-refractivity contribution in [2.45, 2.75) is 6.54 Å². The molecule has 0 aliphatic rings. The van der Waals surface area contributed by atoms with Crippen molar-refractivity contribution in [3.05, 3.63) is 29.8 Å². The SMILES string of the molecule is Cl.Cn1nnnc1-c1ccccc1CN. The molecule has 1 heterocycles. The summed E-state index contributed by atoms with van der Waals surface area (Å²) < 4.78 is 1.63. The number of benzene rings is 1. The lowest BCUT2D eigenvalue weighted by molar-refractivity contribution is 0.714. The largest absolute Gasteiger partial charge is 0.326 e. The Bertz CT molecular complexity index is 440. The normalized spacial score (nSPS) is 9.73. The number of hydrogen-bond acceptors (Lipinski definition) is 4. The number of nitrogens with two attached hydrogens (primary N) is 1. The van der Waals surface area contributed by atoms with Gasteiger partial charge < -0.3 is 5.73 Å². The second-order valence-electron chi connectivity index (χ2n) is 2.99. The van der Waals surface area contributed by atoms with Gasteiger partial charge in [0.05, 0.1) is 0 Å². The van der Waals surface area contributed by atoms with E-state index in [1.165, 1.54) is 0 Å². The molecule has 0 saturated carbocycles. The van der Waals surface area contributed by atoms with Crippen LogP contribution in [0.4, 0.5) is 0 Å². The number of aromatic nitrogens is 4. The van der Waals surface area contributed by atoms with Gasteiger partial charge >= 0.3 is 0 Å². The van der Waals surface area contributed by atoms with Gasteiger partial charge in [0.15, 0.2) is 5.82 Å². The third kappa shape index (κ3) is 2.14. The Morgan fingerprint density at radius 2 is 2.07 bits per heavy atom. The molecule has 0 spiro atoms. The first-order valence-electron chi connectivity index (χ1n) is 4.33. The summed E-state index contributed by atoms with van der Waals surface area (Å²) in [6, 6.07) is 7.84. The van der Waals surface area contributed by atoms with Gasteiger partial charge in [-0.05, 0) is 16.0 Å². The van der Waals surface area contributed by atoms with Crippen LogP contribution in [0, 0.1) is 0 Å². The molecule has 0 fully saturated rings. The molecule has 5 nitrogen and oxygen atoms in total. The molecule has 2 rings (SSSR count). The summed E-state index contributed by atoms with van der Waals surface area (Å²) in [5.74, 6) is 0.742. The highest BCUT2D eigenvalue weighted by Crippen LogP contribution is 2.19. The number of rotatable bonds is 2. The lowest BCUT2D eigenvalue weighted by Gasteiger charge is -2.04. The standard InChI is InChI=1S/C9H11N5.ClH/c1-14-9(11-12-13-14)8-5-3-2-4-7(8)6-10;/h2-5H,6,10H2,1H3;1H. The first kappa shape index (κ1) is 11.6. The molecule has 1 aromatic carbocycles. The van der Waals surface area contributed by atoms with Crippen molar-refractivity contribution in [1.82, 2.24) is 20.2 Å². The van der Waals surface area contributed by atoms with Gasteiger partial charge in [0, 0.05) is 19.2 Å². The van der Waals surface area contributed by atoms with E-state index < -0.39 is 0 Å². The average Bonchev–Trinajstić information content (AvgIpc) is 2.64. The summed E-state index contributed by atoms with van der Waals surface area (Å²) in [4.78, 5) is 0. The van der Waals surface area contributed by atoms with E-state index in [1.807, 2.05) is 31.3 Å². The molecule has 0 aliphatic carbocycles. The third-order valence-electron chi connectivity index (χ3n) is 2.10. The van der Waals surface area contributed by atoms with Crippen molar-refractivity contribution >= 4 is 12.4 Å². The summed E-state index contributed by atoms with van der Waals surface area (Å²) in [6.45, 7) is 0.489. The summed E-state index contributed by atoms with van der Waals surface area (Å²) in [5, 5.41) is 11.3. The highest BCUT2D eigenvalue weighted by atomic mass is 35.5. The van der Waals surface area contributed by atoms with Gasteiger partial charge in [0.2, 0.25) is 0 Å². The molecule has 0 bridgehead atoms. The van der Waals surface area contributed by atoms with Crippen LogP contribution in [0.1, 0.15) is 5.56 Å². The fourth-order valence-corrected chi connectivity index (χ4v) is 1.37. The number of aryl methyl sites for hydroxylation is 1. The molecule has 15 heavy (non-hydrogen) atoms. The van der Waals surface area contributed by atoms with Gasteiger partial charge in [-0.1, -0.05) is 24.3 Å². The van der Waals surface area contributed by atoms with Crippen molar-refractivity contribution in [3.8, 4) is 11.4 Å². The maximum absolute atomic E-state index is 5.63. The van der Waals surface area contributed by atoms with Crippen molar-refractivity contribution in [3.63, 3.8) is 0 Å². The molecule has 0 amide bonds. The summed E-state index contributed by atoms with van der Waals surface area (Å²) >= 11 is 0. The van der Waals surface area contributed by atoms with Crippen LogP contribution < -0.4 is 5.73 Å². The van der Waals surface area contributed by atoms with Crippen LogP contribution in [0.5, 0.6) is 0 Å². The molecule has 0 radical (unpaired) electrons. The Kier molecular flexibility index (Phi) is 3.76. The van der Waals surface area contributed by atoms with Gasteiger partial charge in [-0.3, -0.25) is 0 Å². The number of nitrogens with zero attached hydrogens (tertiary/aromatic N) is 4. The quantitative estimate of drug-likeness (QED) is 0.819. The molecule has 2 N–H and O–H groups in total. The molecule has 6 heteroatoms. The minimum Gasteiger partial charge on any atom is -0.326 e. The minimum atomic E-state index is 0. The van der Waals surface area contributed by atoms with Crippen molar-refractivity contribution in [1.29, 1.82) is 0 Å².